The first-order chi connectivity index (χ1) is 16.7. The van der Waals surface area contributed by atoms with E-state index in [1.807, 2.05) is 12.4 Å². The fourth-order valence-electron chi connectivity index (χ4n) is 4.22. The predicted octanol–water partition coefficient (Wildman–Crippen LogP) is 10.00. The van der Waals surface area contributed by atoms with Crippen molar-refractivity contribution in [3.8, 4) is 11.1 Å². The molecule has 1 heteroatoms. The lowest BCUT2D eigenvalue weighted by Gasteiger charge is -2.10. The number of aromatic nitrogens is 1. The van der Waals surface area contributed by atoms with Crippen LogP contribution in [0.5, 0.6) is 0 Å². The van der Waals surface area contributed by atoms with Gasteiger partial charge in [-0.2, -0.15) is 0 Å². The second-order valence-electron chi connectivity index (χ2n) is 10.1. The molecule has 0 unspecified atom stereocenters. The van der Waals surface area contributed by atoms with Gasteiger partial charge in [-0.05, 0) is 103 Å². The van der Waals surface area contributed by atoms with Crippen molar-refractivity contribution in [2.24, 2.45) is 5.92 Å². The fraction of sp³-hybridized carbons (Fsp3) is 0.265. The fourth-order valence-corrected chi connectivity index (χ4v) is 4.22. The number of hydrogen-bond donors (Lipinski definition) is 0. The quantitative estimate of drug-likeness (QED) is 0.278. The summed E-state index contributed by atoms with van der Waals surface area (Å²) < 4.78 is 0. The standard InChI is InChI=1S/C17H21N.C17H18/c1-12(2)5-6-13(3)15-7-8-16-11-18-10-14(4)17(16)9-15;1-12(2)17-11-16(9-8-14(17)4)15-7-5-6-13(3)10-15/h7-12H,3,5-6H2,1-2,4H3;5-11H,1H2,2-4H3. The van der Waals surface area contributed by atoms with Gasteiger partial charge in [-0.15, -0.1) is 0 Å². The largest absolute Gasteiger partial charge is 0.264 e. The topological polar surface area (TPSA) is 12.9 Å². The van der Waals surface area contributed by atoms with E-state index in [1.165, 1.54) is 61.7 Å². The smallest absolute Gasteiger partial charge is 0.0346 e. The number of hydrogen-bond acceptors (Lipinski definition) is 1. The van der Waals surface area contributed by atoms with Crippen LogP contribution in [0.4, 0.5) is 0 Å². The molecule has 0 bridgehead atoms. The molecule has 1 heterocycles. The van der Waals surface area contributed by atoms with Gasteiger partial charge in [0.2, 0.25) is 0 Å². The Labute approximate surface area is 212 Å². The van der Waals surface area contributed by atoms with Crippen LogP contribution in [-0.2, 0) is 0 Å². The zero-order chi connectivity index (χ0) is 25.5. The minimum atomic E-state index is 0.730. The molecule has 0 aliphatic heterocycles. The van der Waals surface area contributed by atoms with Crippen LogP contribution in [0.25, 0.3) is 33.0 Å². The Hall–Kier alpha value is -3.45. The molecule has 0 saturated heterocycles. The van der Waals surface area contributed by atoms with Gasteiger partial charge in [0.25, 0.3) is 0 Å². The molecule has 4 rings (SSSR count). The van der Waals surface area contributed by atoms with Gasteiger partial charge < -0.3 is 0 Å². The number of allylic oxidation sites excluding steroid dienone is 2. The molecule has 0 aliphatic carbocycles. The molecule has 0 aliphatic rings. The average Bonchev–Trinajstić information content (AvgIpc) is 2.83. The van der Waals surface area contributed by atoms with Crippen molar-refractivity contribution in [1.29, 1.82) is 0 Å². The predicted molar refractivity (Wildman–Crippen MR) is 156 cm³/mol. The SMILES string of the molecule is C=C(C)c1cc(-c2cccc(C)c2)ccc1C.C=C(CCC(C)C)c1ccc2cncc(C)c2c1. The Morgan fingerprint density at radius 1 is 0.829 bits per heavy atom. The zero-order valence-electron chi connectivity index (χ0n) is 22.3. The third kappa shape index (κ3) is 7.02. The lowest BCUT2D eigenvalue weighted by atomic mass is 9.96. The lowest BCUT2D eigenvalue weighted by Crippen LogP contribution is -1.90. The van der Waals surface area contributed by atoms with Crippen LogP contribution in [-0.4, -0.2) is 4.98 Å². The van der Waals surface area contributed by atoms with Crippen molar-refractivity contribution in [2.45, 2.75) is 54.4 Å². The van der Waals surface area contributed by atoms with Crippen molar-refractivity contribution < 1.29 is 0 Å². The lowest BCUT2D eigenvalue weighted by molar-refractivity contribution is 0.599. The van der Waals surface area contributed by atoms with E-state index in [0.29, 0.717) is 0 Å². The third-order valence-electron chi connectivity index (χ3n) is 6.44. The van der Waals surface area contributed by atoms with E-state index in [0.717, 1.165) is 17.9 Å². The average molecular weight is 462 g/mol. The first kappa shape index (κ1) is 26.2. The van der Waals surface area contributed by atoms with Crippen LogP contribution in [0.15, 0.2) is 86.2 Å². The Morgan fingerprint density at radius 3 is 2.26 bits per heavy atom. The summed E-state index contributed by atoms with van der Waals surface area (Å²) in [6.07, 6.45) is 6.12. The summed E-state index contributed by atoms with van der Waals surface area (Å²) in [5.41, 5.74) is 11.2. The maximum atomic E-state index is 4.22. The zero-order valence-corrected chi connectivity index (χ0v) is 22.3. The van der Waals surface area contributed by atoms with Gasteiger partial charge in [0.05, 0.1) is 0 Å². The van der Waals surface area contributed by atoms with E-state index in [2.05, 4.69) is 120 Å². The molecule has 0 amide bonds. The van der Waals surface area contributed by atoms with Crippen LogP contribution in [0, 0.1) is 26.7 Å². The van der Waals surface area contributed by atoms with Gasteiger partial charge in [-0.1, -0.05) is 86.7 Å². The summed E-state index contributed by atoms with van der Waals surface area (Å²) in [4.78, 5) is 4.22. The first-order valence-corrected chi connectivity index (χ1v) is 12.5. The van der Waals surface area contributed by atoms with Gasteiger partial charge in [0.1, 0.15) is 0 Å². The molecular formula is C34H39N. The molecule has 0 fully saturated rings. The number of nitrogens with zero attached hydrogens (tertiary/aromatic N) is 1. The monoisotopic (exact) mass is 461 g/mol. The minimum Gasteiger partial charge on any atom is -0.264 e. The number of benzene rings is 3. The summed E-state index contributed by atoms with van der Waals surface area (Å²) >= 11 is 0. The molecular weight excluding hydrogens is 422 g/mol. The highest BCUT2D eigenvalue weighted by molar-refractivity contribution is 5.87. The van der Waals surface area contributed by atoms with E-state index in [4.69, 9.17) is 0 Å². The molecule has 0 atom stereocenters. The van der Waals surface area contributed by atoms with E-state index >= 15 is 0 Å². The summed E-state index contributed by atoms with van der Waals surface area (Å²) in [7, 11) is 0. The molecule has 0 N–H and O–H groups in total. The second kappa shape index (κ2) is 11.8. The third-order valence-corrected chi connectivity index (χ3v) is 6.44. The molecule has 180 valence electrons. The number of aryl methyl sites for hydroxylation is 3. The number of fused-ring (bicyclic) bond motifs is 1. The van der Waals surface area contributed by atoms with Gasteiger partial charge in [0.15, 0.2) is 0 Å². The van der Waals surface area contributed by atoms with Gasteiger partial charge in [-0.25, -0.2) is 0 Å². The van der Waals surface area contributed by atoms with Crippen molar-refractivity contribution in [1.82, 2.24) is 4.98 Å². The highest BCUT2D eigenvalue weighted by Crippen LogP contribution is 2.27. The Kier molecular flexibility index (Phi) is 8.82. The maximum Gasteiger partial charge on any atom is 0.0346 e. The van der Waals surface area contributed by atoms with Crippen LogP contribution >= 0.6 is 0 Å². The van der Waals surface area contributed by atoms with Gasteiger partial charge in [0, 0.05) is 17.8 Å². The highest BCUT2D eigenvalue weighted by Gasteiger charge is 2.05. The molecule has 0 spiro atoms. The summed E-state index contributed by atoms with van der Waals surface area (Å²) in [5.74, 6) is 0.730. The van der Waals surface area contributed by atoms with E-state index in [1.54, 1.807) is 0 Å². The van der Waals surface area contributed by atoms with Gasteiger partial charge >= 0.3 is 0 Å². The van der Waals surface area contributed by atoms with Crippen LogP contribution in [0.1, 0.15) is 61.4 Å². The van der Waals surface area contributed by atoms with Crippen LogP contribution in [0.2, 0.25) is 0 Å². The molecule has 3 aromatic carbocycles. The minimum absolute atomic E-state index is 0.730. The first-order valence-electron chi connectivity index (χ1n) is 12.5. The Bertz CT molecular complexity index is 1340. The van der Waals surface area contributed by atoms with Crippen LogP contribution < -0.4 is 0 Å². The van der Waals surface area contributed by atoms with E-state index < -0.39 is 0 Å². The summed E-state index contributed by atoms with van der Waals surface area (Å²) in [5, 5.41) is 2.49. The van der Waals surface area contributed by atoms with Crippen molar-refractivity contribution in [3.05, 3.63) is 114 Å². The highest BCUT2D eigenvalue weighted by atomic mass is 14.6. The van der Waals surface area contributed by atoms with Crippen molar-refractivity contribution >= 4 is 21.9 Å². The summed E-state index contributed by atoms with van der Waals surface area (Å²) in [6, 6.07) is 21.7. The maximum absolute atomic E-state index is 4.22. The molecule has 1 nitrogen and oxygen atoms in total. The molecule has 0 radical (unpaired) electrons. The normalized spacial score (nSPS) is 10.7. The van der Waals surface area contributed by atoms with Crippen molar-refractivity contribution in [3.63, 3.8) is 0 Å². The summed E-state index contributed by atoms with van der Waals surface area (Å²) in [6.45, 7) is 21.2. The van der Waals surface area contributed by atoms with E-state index in [9.17, 15) is 0 Å². The van der Waals surface area contributed by atoms with Crippen LogP contribution in [0.3, 0.4) is 0 Å². The number of rotatable bonds is 6. The molecule has 1 aromatic heterocycles. The van der Waals surface area contributed by atoms with E-state index in [-0.39, 0.29) is 0 Å². The van der Waals surface area contributed by atoms with Gasteiger partial charge in [-0.3, -0.25) is 4.98 Å². The Morgan fingerprint density at radius 2 is 1.57 bits per heavy atom. The number of pyridine rings is 1. The van der Waals surface area contributed by atoms with Crippen molar-refractivity contribution in [2.75, 3.05) is 0 Å². The molecule has 4 aromatic rings. The molecule has 35 heavy (non-hydrogen) atoms. The Balaban J connectivity index is 0.000000196. The molecule has 0 saturated carbocycles. The second-order valence-corrected chi connectivity index (χ2v) is 10.1.